The van der Waals surface area contributed by atoms with Crippen LogP contribution in [0.4, 0.5) is 5.69 Å². The van der Waals surface area contributed by atoms with Crippen molar-refractivity contribution in [3.63, 3.8) is 0 Å². The van der Waals surface area contributed by atoms with Gasteiger partial charge in [-0.2, -0.15) is 0 Å². The van der Waals surface area contributed by atoms with Crippen LogP contribution in [0.1, 0.15) is 49.4 Å². The number of nitrogens with one attached hydrogen (secondary N) is 1. The number of halogens is 2. The van der Waals surface area contributed by atoms with Gasteiger partial charge >= 0.3 is 5.97 Å². The highest BCUT2D eigenvalue weighted by molar-refractivity contribution is 6.42. The van der Waals surface area contributed by atoms with Gasteiger partial charge in [-0.05, 0) is 37.8 Å². The molecule has 23 heavy (non-hydrogen) atoms. The van der Waals surface area contributed by atoms with E-state index in [-0.39, 0.29) is 27.2 Å². The fourth-order valence-corrected chi connectivity index (χ4v) is 3.41. The maximum absolute atomic E-state index is 12.5. The van der Waals surface area contributed by atoms with Crippen LogP contribution in [0.15, 0.2) is 12.1 Å². The van der Waals surface area contributed by atoms with Gasteiger partial charge in [0.05, 0.1) is 15.6 Å². The molecule has 5 nitrogen and oxygen atoms in total. The number of hydrogen-bond donors (Lipinski definition) is 3. The first-order chi connectivity index (χ1) is 10.8. The predicted molar refractivity (Wildman–Crippen MR) is 91.0 cm³/mol. The average Bonchev–Trinajstić information content (AvgIpc) is 2.51. The normalized spacial score (nSPS) is 18.2. The molecule has 7 heteroatoms. The van der Waals surface area contributed by atoms with Gasteiger partial charge in [-0.1, -0.05) is 42.5 Å². The van der Waals surface area contributed by atoms with Crippen molar-refractivity contribution in [2.45, 2.75) is 44.6 Å². The molecule has 0 radical (unpaired) electrons. The molecule has 1 aromatic carbocycles. The van der Waals surface area contributed by atoms with Crippen molar-refractivity contribution in [1.29, 1.82) is 0 Å². The minimum atomic E-state index is -1.34. The molecule has 1 atom stereocenters. The third-order valence-corrected chi connectivity index (χ3v) is 5.30. The maximum Gasteiger partial charge on any atom is 0.329 e. The van der Waals surface area contributed by atoms with Gasteiger partial charge in [-0.3, -0.25) is 4.79 Å². The zero-order valence-electron chi connectivity index (χ0n) is 12.9. The summed E-state index contributed by atoms with van der Waals surface area (Å²) in [6.45, 7) is 1.55. The molecule has 126 valence electrons. The molecule has 0 spiro atoms. The fraction of sp³-hybridized carbons (Fsp3) is 0.500. The molecule has 0 aliphatic heterocycles. The lowest BCUT2D eigenvalue weighted by Gasteiger charge is -2.37. The van der Waals surface area contributed by atoms with Crippen molar-refractivity contribution in [3.05, 3.63) is 27.7 Å². The Morgan fingerprint density at radius 3 is 2.35 bits per heavy atom. The summed E-state index contributed by atoms with van der Waals surface area (Å²) in [6, 6.07) is 2.75. The van der Waals surface area contributed by atoms with Crippen LogP contribution in [0, 0.1) is 5.92 Å². The highest BCUT2D eigenvalue weighted by atomic mass is 35.5. The minimum absolute atomic E-state index is 0.110. The van der Waals surface area contributed by atoms with Gasteiger partial charge in [0.15, 0.2) is 0 Å². The van der Waals surface area contributed by atoms with Gasteiger partial charge in [0.25, 0.3) is 5.91 Å². The van der Waals surface area contributed by atoms with Crippen LogP contribution in [0.2, 0.25) is 10.0 Å². The average molecular weight is 359 g/mol. The molecule has 1 aliphatic carbocycles. The third-order valence-electron chi connectivity index (χ3n) is 4.58. The zero-order valence-corrected chi connectivity index (χ0v) is 14.4. The highest BCUT2D eigenvalue weighted by Crippen LogP contribution is 2.34. The molecule has 0 heterocycles. The summed E-state index contributed by atoms with van der Waals surface area (Å²) in [4.78, 5) is 24.3. The lowest BCUT2D eigenvalue weighted by Crippen LogP contribution is -2.57. The van der Waals surface area contributed by atoms with E-state index in [0.717, 1.165) is 32.1 Å². The van der Waals surface area contributed by atoms with Crippen molar-refractivity contribution in [3.8, 4) is 0 Å². The molecule has 0 aromatic heterocycles. The lowest BCUT2D eigenvalue weighted by atomic mass is 9.75. The number of carboxylic acids is 1. The van der Waals surface area contributed by atoms with Gasteiger partial charge < -0.3 is 16.2 Å². The number of rotatable bonds is 4. The molecule has 0 saturated heterocycles. The predicted octanol–water partition coefficient (Wildman–Crippen LogP) is 3.73. The van der Waals surface area contributed by atoms with Gasteiger partial charge in [-0.25, -0.2) is 4.79 Å². The van der Waals surface area contributed by atoms with Gasteiger partial charge in [0.2, 0.25) is 0 Å². The van der Waals surface area contributed by atoms with Crippen molar-refractivity contribution < 1.29 is 14.7 Å². The van der Waals surface area contributed by atoms with Crippen LogP contribution >= 0.6 is 23.2 Å². The topological polar surface area (TPSA) is 92.4 Å². The number of hydrogen-bond acceptors (Lipinski definition) is 3. The number of aliphatic carboxylic acids is 1. The van der Waals surface area contributed by atoms with E-state index >= 15 is 0 Å². The number of benzene rings is 1. The summed E-state index contributed by atoms with van der Waals surface area (Å²) in [6.07, 6.45) is 4.59. The van der Waals surface area contributed by atoms with Crippen LogP contribution in [0.25, 0.3) is 0 Å². The lowest BCUT2D eigenvalue weighted by molar-refractivity contribution is -0.146. The fourth-order valence-electron chi connectivity index (χ4n) is 3.07. The monoisotopic (exact) mass is 358 g/mol. The highest BCUT2D eigenvalue weighted by Gasteiger charge is 2.43. The largest absolute Gasteiger partial charge is 0.480 e. The van der Waals surface area contributed by atoms with E-state index in [1.165, 1.54) is 12.1 Å². The summed E-state index contributed by atoms with van der Waals surface area (Å²) >= 11 is 11.8. The number of carbonyl (C=O) groups excluding carboxylic acids is 1. The Kier molecular flexibility index (Phi) is 5.42. The Bertz CT molecular complexity index is 630. The molecule has 4 N–H and O–H groups in total. The molecule has 1 fully saturated rings. The molecule has 0 bridgehead atoms. The first kappa shape index (κ1) is 17.9. The van der Waals surface area contributed by atoms with E-state index in [0.29, 0.717) is 0 Å². The van der Waals surface area contributed by atoms with E-state index in [1.807, 2.05) is 0 Å². The number of anilines is 1. The first-order valence-corrected chi connectivity index (χ1v) is 8.31. The van der Waals surface area contributed by atoms with Crippen LogP contribution < -0.4 is 11.1 Å². The van der Waals surface area contributed by atoms with Gasteiger partial charge in [0, 0.05) is 5.69 Å². The molecule has 1 saturated carbocycles. The molecule has 1 aromatic rings. The van der Waals surface area contributed by atoms with Crippen LogP contribution in [0.3, 0.4) is 0 Å². The van der Waals surface area contributed by atoms with Crippen molar-refractivity contribution in [2.75, 3.05) is 5.73 Å². The Balaban J connectivity index is 2.28. The smallest absolute Gasteiger partial charge is 0.329 e. The van der Waals surface area contributed by atoms with Crippen LogP contribution in [-0.4, -0.2) is 22.5 Å². The third kappa shape index (κ3) is 3.72. The summed E-state index contributed by atoms with van der Waals surface area (Å²) in [5.41, 5.74) is 4.76. The van der Waals surface area contributed by atoms with Crippen LogP contribution in [-0.2, 0) is 4.79 Å². The second-order valence-corrected chi connectivity index (χ2v) is 6.96. The maximum atomic E-state index is 12.5. The summed E-state index contributed by atoms with van der Waals surface area (Å²) in [7, 11) is 0. The Morgan fingerprint density at radius 1 is 1.22 bits per heavy atom. The SMILES string of the molecule is C[C@@](NC(=O)c1cc(Cl)c(Cl)cc1N)(C(=O)O)C1CCCCC1. The number of amides is 1. The minimum Gasteiger partial charge on any atom is -0.480 e. The standard InChI is InChI=1S/C16H20Cl2N2O3/c1-16(15(22)23,9-5-3-2-4-6-9)20-14(21)10-7-11(17)12(18)8-13(10)19/h7-9H,2-6,19H2,1H3,(H,20,21)(H,22,23)/t16-/m0/s1. The number of carboxylic acid groups (broad SMARTS) is 1. The summed E-state index contributed by atoms with van der Waals surface area (Å²) in [5, 5.41) is 12.7. The Hall–Kier alpha value is -1.46. The van der Waals surface area contributed by atoms with Gasteiger partial charge in [0.1, 0.15) is 5.54 Å². The first-order valence-electron chi connectivity index (χ1n) is 7.56. The number of carbonyl (C=O) groups is 2. The van der Waals surface area contributed by atoms with E-state index < -0.39 is 17.4 Å². The second kappa shape index (κ2) is 6.97. The Morgan fingerprint density at radius 2 is 1.78 bits per heavy atom. The quantitative estimate of drug-likeness (QED) is 0.714. The van der Waals surface area contributed by atoms with E-state index in [1.54, 1.807) is 6.92 Å². The van der Waals surface area contributed by atoms with E-state index in [9.17, 15) is 14.7 Å². The Labute approximate surface area is 145 Å². The van der Waals surface area contributed by atoms with Crippen molar-refractivity contribution in [1.82, 2.24) is 5.32 Å². The molecular formula is C16H20Cl2N2O3. The van der Waals surface area contributed by atoms with Crippen molar-refractivity contribution in [2.24, 2.45) is 5.92 Å². The zero-order chi connectivity index (χ0) is 17.2. The molecule has 1 amide bonds. The molecule has 2 rings (SSSR count). The van der Waals surface area contributed by atoms with Crippen LogP contribution in [0.5, 0.6) is 0 Å². The van der Waals surface area contributed by atoms with Crippen molar-refractivity contribution >= 4 is 40.8 Å². The number of nitrogens with two attached hydrogens (primary N) is 1. The second-order valence-electron chi connectivity index (χ2n) is 6.15. The van der Waals surface area contributed by atoms with Gasteiger partial charge in [-0.15, -0.1) is 0 Å². The molecule has 1 aliphatic rings. The molecular weight excluding hydrogens is 339 g/mol. The van der Waals surface area contributed by atoms with E-state index in [4.69, 9.17) is 28.9 Å². The summed E-state index contributed by atoms with van der Waals surface area (Å²) < 4.78 is 0. The number of nitrogen functional groups attached to an aromatic ring is 1. The summed E-state index contributed by atoms with van der Waals surface area (Å²) in [5.74, 6) is -1.71. The van der Waals surface area contributed by atoms with E-state index in [2.05, 4.69) is 5.32 Å². The molecule has 0 unspecified atom stereocenters.